The van der Waals surface area contributed by atoms with Crippen molar-refractivity contribution in [3.05, 3.63) is 17.5 Å². The molecule has 2 N–H and O–H groups in total. The van der Waals surface area contributed by atoms with Gasteiger partial charge >= 0.3 is 0 Å². The lowest BCUT2D eigenvalue weighted by Crippen LogP contribution is -2.33. The second-order valence-corrected chi connectivity index (χ2v) is 4.24. The molecule has 0 aliphatic rings. The number of aromatic nitrogens is 2. The highest BCUT2D eigenvalue weighted by Gasteiger charge is 2.11. The molecule has 86 valence electrons. The molecule has 2 atom stereocenters. The lowest BCUT2D eigenvalue weighted by Gasteiger charge is -2.18. The molecule has 1 heterocycles. The van der Waals surface area contributed by atoms with Crippen LogP contribution in [0.4, 0.5) is 0 Å². The van der Waals surface area contributed by atoms with Gasteiger partial charge in [0.1, 0.15) is 0 Å². The molecule has 4 nitrogen and oxygen atoms in total. The van der Waals surface area contributed by atoms with Gasteiger partial charge in [0.15, 0.2) is 0 Å². The van der Waals surface area contributed by atoms with Crippen molar-refractivity contribution >= 4 is 0 Å². The number of aryl methyl sites for hydroxylation is 2. The first-order valence-corrected chi connectivity index (χ1v) is 5.38. The van der Waals surface area contributed by atoms with E-state index in [-0.39, 0.29) is 12.5 Å². The van der Waals surface area contributed by atoms with E-state index in [1.165, 1.54) is 5.56 Å². The topological polar surface area (TPSA) is 50.1 Å². The van der Waals surface area contributed by atoms with Crippen molar-refractivity contribution in [2.45, 2.75) is 33.4 Å². The van der Waals surface area contributed by atoms with Crippen LogP contribution in [0.1, 0.15) is 25.1 Å². The molecule has 0 spiro atoms. The molecule has 1 aromatic heterocycles. The number of rotatable bonds is 5. The summed E-state index contributed by atoms with van der Waals surface area (Å²) in [6.07, 6.45) is 2.03. The molecule has 0 radical (unpaired) electrons. The van der Waals surface area contributed by atoms with Gasteiger partial charge < -0.3 is 10.4 Å². The maximum atomic E-state index is 9.00. The highest BCUT2D eigenvalue weighted by atomic mass is 16.3. The normalized spacial score (nSPS) is 15.3. The fourth-order valence-electron chi connectivity index (χ4n) is 1.45. The largest absolute Gasteiger partial charge is 0.396 e. The SMILES string of the molecule is Cc1nn(C)cc1CNC(C)C(C)CO. The Bertz CT molecular complexity index is 309. The Hall–Kier alpha value is -0.870. The van der Waals surface area contributed by atoms with Gasteiger partial charge in [0.25, 0.3) is 0 Å². The Morgan fingerprint density at radius 1 is 1.53 bits per heavy atom. The van der Waals surface area contributed by atoms with Gasteiger partial charge in [-0.05, 0) is 19.8 Å². The summed E-state index contributed by atoms with van der Waals surface area (Å²) in [6.45, 7) is 7.17. The first-order valence-electron chi connectivity index (χ1n) is 5.38. The first-order chi connectivity index (χ1) is 7.04. The average Bonchev–Trinajstić information content (AvgIpc) is 2.52. The van der Waals surface area contributed by atoms with Crippen LogP contribution in [-0.2, 0) is 13.6 Å². The molecule has 1 aromatic rings. The average molecular weight is 211 g/mol. The monoisotopic (exact) mass is 211 g/mol. The quantitative estimate of drug-likeness (QED) is 0.758. The van der Waals surface area contributed by atoms with Crippen LogP contribution >= 0.6 is 0 Å². The van der Waals surface area contributed by atoms with Crippen molar-refractivity contribution in [3.8, 4) is 0 Å². The molecule has 0 aliphatic carbocycles. The molecule has 0 fully saturated rings. The van der Waals surface area contributed by atoms with Crippen molar-refractivity contribution in [3.63, 3.8) is 0 Å². The standard InChI is InChI=1S/C11H21N3O/c1-8(7-15)9(2)12-5-11-6-14(4)13-10(11)3/h6,8-9,12,15H,5,7H2,1-4H3. The van der Waals surface area contributed by atoms with Crippen LogP contribution in [0.25, 0.3) is 0 Å². The van der Waals surface area contributed by atoms with Crippen LogP contribution in [-0.4, -0.2) is 27.5 Å². The number of nitrogens with one attached hydrogen (secondary N) is 1. The van der Waals surface area contributed by atoms with Crippen molar-refractivity contribution in [2.75, 3.05) is 6.61 Å². The lowest BCUT2D eigenvalue weighted by molar-refractivity contribution is 0.207. The summed E-state index contributed by atoms with van der Waals surface area (Å²) in [5, 5.41) is 16.7. The van der Waals surface area contributed by atoms with Gasteiger partial charge in [-0.3, -0.25) is 4.68 Å². The Labute approximate surface area is 91.3 Å². The van der Waals surface area contributed by atoms with Crippen LogP contribution in [0.5, 0.6) is 0 Å². The molecule has 0 aliphatic heterocycles. The number of aliphatic hydroxyl groups is 1. The van der Waals surface area contributed by atoms with Gasteiger partial charge in [-0.25, -0.2) is 0 Å². The summed E-state index contributed by atoms with van der Waals surface area (Å²) in [4.78, 5) is 0. The van der Waals surface area contributed by atoms with Gasteiger partial charge in [0, 0.05) is 38.0 Å². The van der Waals surface area contributed by atoms with Gasteiger partial charge in [0.05, 0.1) is 5.69 Å². The fraction of sp³-hybridized carbons (Fsp3) is 0.727. The third kappa shape index (κ3) is 3.32. The Kier molecular flexibility index (Phi) is 4.29. The number of hydrogen-bond donors (Lipinski definition) is 2. The highest BCUT2D eigenvalue weighted by Crippen LogP contribution is 2.06. The molecule has 2 unspecified atom stereocenters. The molecular formula is C11H21N3O. The predicted molar refractivity (Wildman–Crippen MR) is 60.5 cm³/mol. The van der Waals surface area contributed by atoms with Crippen LogP contribution in [0.3, 0.4) is 0 Å². The summed E-state index contributed by atoms with van der Waals surface area (Å²) in [7, 11) is 1.93. The van der Waals surface area contributed by atoms with Crippen LogP contribution in [0.2, 0.25) is 0 Å². The number of hydrogen-bond acceptors (Lipinski definition) is 3. The van der Waals surface area contributed by atoms with E-state index < -0.39 is 0 Å². The van der Waals surface area contributed by atoms with E-state index >= 15 is 0 Å². The summed E-state index contributed by atoms with van der Waals surface area (Å²) < 4.78 is 1.83. The summed E-state index contributed by atoms with van der Waals surface area (Å²) in [5.41, 5.74) is 2.28. The molecule has 15 heavy (non-hydrogen) atoms. The second kappa shape index (κ2) is 5.28. The van der Waals surface area contributed by atoms with Crippen LogP contribution < -0.4 is 5.32 Å². The zero-order valence-corrected chi connectivity index (χ0v) is 9.99. The van der Waals surface area contributed by atoms with E-state index in [2.05, 4.69) is 17.3 Å². The zero-order valence-electron chi connectivity index (χ0n) is 9.99. The summed E-state index contributed by atoms with van der Waals surface area (Å²) in [6, 6.07) is 0.314. The third-order valence-corrected chi connectivity index (χ3v) is 2.87. The van der Waals surface area contributed by atoms with Crippen molar-refractivity contribution < 1.29 is 5.11 Å². The fourth-order valence-corrected chi connectivity index (χ4v) is 1.45. The van der Waals surface area contributed by atoms with E-state index in [9.17, 15) is 0 Å². The molecule has 0 saturated carbocycles. The Morgan fingerprint density at radius 3 is 2.67 bits per heavy atom. The van der Waals surface area contributed by atoms with Gasteiger partial charge in [0.2, 0.25) is 0 Å². The Balaban J connectivity index is 2.46. The number of aliphatic hydroxyl groups excluding tert-OH is 1. The van der Waals surface area contributed by atoms with E-state index in [0.717, 1.165) is 12.2 Å². The van der Waals surface area contributed by atoms with Gasteiger partial charge in [-0.15, -0.1) is 0 Å². The van der Waals surface area contributed by atoms with E-state index in [4.69, 9.17) is 5.11 Å². The smallest absolute Gasteiger partial charge is 0.0638 e. The van der Waals surface area contributed by atoms with Crippen molar-refractivity contribution in [1.29, 1.82) is 0 Å². The van der Waals surface area contributed by atoms with E-state index in [1.807, 2.05) is 31.8 Å². The highest BCUT2D eigenvalue weighted by molar-refractivity contribution is 5.14. The van der Waals surface area contributed by atoms with Crippen LogP contribution in [0.15, 0.2) is 6.20 Å². The number of nitrogens with zero attached hydrogens (tertiary/aromatic N) is 2. The predicted octanol–water partition coefficient (Wildman–Crippen LogP) is 0.835. The molecule has 0 saturated heterocycles. The molecule has 0 amide bonds. The summed E-state index contributed by atoms with van der Waals surface area (Å²) >= 11 is 0. The van der Waals surface area contributed by atoms with Gasteiger partial charge in [-0.1, -0.05) is 6.92 Å². The van der Waals surface area contributed by atoms with E-state index in [1.54, 1.807) is 0 Å². The molecular weight excluding hydrogens is 190 g/mol. The lowest BCUT2D eigenvalue weighted by atomic mass is 10.1. The Morgan fingerprint density at radius 2 is 2.20 bits per heavy atom. The second-order valence-electron chi connectivity index (χ2n) is 4.24. The minimum atomic E-state index is 0.222. The first kappa shape index (κ1) is 12.2. The molecule has 4 heteroatoms. The van der Waals surface area contributed by atoms with Gasteiger partial charge in [-0.2, -0.15) is 5.10 Å². The van der Waals surface area contributed by atoms with Crippen molar-refractivity contribution in [2.24, 2.45) is 13.0 Å². The maximum absolute atomic E-state index is 9.00. The third-order valence-electron chi connectivity index (χ3n) is 2.87. The summed E-state index contributed by atoms with van der Waals surface area (Å²) in [5.74, 6) is 0.280. The molecule has 1 rings (SSSR count). The minimum absolute atomic E-state index is 0.222. The minimum Gasteiger partial charge on any atom is -0.396 e. The molecule has 0 bridgehead atoms. The zero-order chi connectivity index (χ0) is 11.4. The van der Waals surface area contributed by atoms with E-state index in [0.29, 0.717) is 6.04 Å². The maximum Gasteiger partial charge on any atom is 0.0638 e. The molecule has 0 aromatic carbocycles. The van der Waals surface area contributed by atoms with Crippen molar-refractivity contribution in [1.82, 2.24) is 15.1 Å². The van der Waals surface area contributed by atoms with Crippen LogP contribution in [0, 0.1) is 12.8 Å².